The maximum absolute atomic E-state index is 4.63. The Labute approximate surface area is 182 Å². The zero-order chi connectivity index (χ0) is 20.3. The van der Waals surface area contributed by atoms with E-state index in [1.807, 2.05) is 0 Å². The lowest BCUT2D eigenvalue weighted by atomic mass is 9.85. The fourth-order valence-electron chi connectivity index (χ4n) is 4.11. The molecule has 1 aliphatic heterocycles. The molecule has 4 nitrogen and oxygen atoms in total. The summed E-state index contributed by atoms with van der Waals surface area (Å²) in [6, 6.07) is 11.4. The first-order valence-electron chi connectivity index (χ1n) is 10.3. The lowest BCUT2D eigenvalue weighted by Crippen LogP contribution is -2.45. The molecule has 6 heteroatoms. The van der Waals surface area contributed by atoms with Crippen LogP contribution < -0.4 is 10.2 Å². The third kappa shape index (κ3) is 4.93. The Bertz CT molecular complexity index is 930. The van der Waals surface area contributed by atoms with E-state index >= 15 is 0 Å². The van der Waals surface area contributed by atoms with Crippen LogP contribution in [-0.4, -0.2) is 41.9 Å². The summed E-state index contributed by atoms with van der Waals surface area (Å²) in [4.78, 5) is 12.8. The van der Waals surface area contributed by atoms with Gasteiger partial charge in [-0.2, -0.15) is 0 Å². The van der Waals surface area contributed by atoms with Crippen molar-refractivity contribution in [1.82, 2.24) is 15.3 Å². The van der Waals surface area contributed by atoms with Crippen LogP contribution in [0, 0.1) is 5.41 Å². The van der Waals surface area contributed by atoms with E-state index in [1.54, 1.807) is 29.4 Å². The van der Waals surface area contributed by atoms with Crippen molar-refractivity contribution < 1.29 is 0 Å². The molecular weight excluding hydrogens is 396 g/mol. The second kappa shape index (κ2) is 9.02. The Balaban J connectivity index is 1.32. The third-order valence-electron chi connectivity index (χ3n) is 5.71. The largest absolute Gasteiger partial charge is 0.355 e. The van der Waals surface area contributed by atoms with E-state index in [0.717, 1.165) is 50.2 Å². The van der Waals surface area contributed by atoms with Crippen molar-refractivity contribution in [3.8, 4) is 0 Å². The predicted octanol–water partition coefficient (Wildman–Crippen LogP) is 5.24. The van der Waals surface area contributed by atoms with Crippen LogP contribution in [0.25, 0.3) is 10.2 Å². The molecule has 4 rings (SSSR count). The fourth-order valence-corrected chi connectivity index (χ4v) is 5.95. The van der Waals surface area contributed by atoms with E-state index in [-0.39, 0.29) is 5.41 Å². The molecular formula is C23H30N4S2. The zero-order valence-electron chi connectivity index (χ0n) is 17.5. The van der Waals surface area contributed by atoms with Crippen molar-refractivity contribution in [2.45, 2.75) is 44.0 Å². The molecule has 1 aromatic carbocycles. The van der Waals surface area contributed by atoms with Crippen LogP contribution in [0.3, 0.4) is 0 Å². The van der Waals surface area contributed by atoms with Gasteiger partial charge >= 0.3 is 0 Å². The standard InChI is InChI=1S/C23H30N4S2/c1-23(2,13-17-7-5-4-6-8-17)15-24-18-9-11-27(12-10-18)22-21-20(25-16-26-22)19(28-3)14-29-21/h4-8,14,16,18,24H,9-13,15H2,1-3H3. The molecule has 0 spiro atoms. The normalized spacial score (nSPS) is 15.9. The number of thiophene rings is 1. The number of piperidine rings is 1. The maximum atomic E-state index is 4.63. The van der Waals surface area contributed by atoms with Crippen molar-refractivity contribution in [2.24, 2.45) is 5.41 Å². The molecule has 0 bridgehead atoms. The highest BCUT2D eigenvalue weighted by molar-refractivity contribution is 7.99. The van der Waals surface area contributed by atoms with Crippen LogP contribution in [-0.2, 0) is 6.42 Å². The van der Waals surface area contributed by atoms with Crippen LogP contribution in [0.1, 0.15) is 32.3 Å². The number of nitrogens with one attached hydrogen (secondary N) is 1. The smallest absolute Gasteiger partial charge is 0.150 e. The summed E-state index contributed by atoms with van der Waals surface area (Å²) >= 11 is 3.53. The number of hydrogen-bond donors (Lipinski definition) is 1. The van der Waals surface area contributed by atoms with Gasteiger partial charge in [-0.15, -0.1) is 23.1 Å². The van der Waals surface area contributed by atoms with Crippen molar-refractivity contribution in [3.63, 3.8) is 0 Å². The lowest BCUT2D eigenvalue weighted by molar-refractivity contribution is 0.298. The summed E-state index contributed by atoms with van der Waals surface area (Å²) in [5, 5.41) is 6.05. The van der Waals surface area contributed by atoms with E-state index in [4.69, 9.17) is 0 Å². The molecule has 1 saturated heterocycles. The Morgan fingerprint density at radius 2 is 1.93 bits per heavy atom. The van der Waals surface area contributed by atoms with Gasteiger partial charge in [-0.05, 0) is 36.5 Å². The van der Waals surface area contributed by atoms with Gasteiger partial charge in [0.05, 0.1) is 4.70 Å². The molecule has 1 aliphatic rings. The van der Waals surface area contributed by atoms with E-state index in [9.17, 15) is 0 Å². The maximum Gasteiger partial charge on any atom is 0.150 e. The second-order valence-corrected chi connectivity index (χ2v) is 10.4. The van der Waals surface area contributed by atoms with Gasteiger partial charge in [0.2, 0.25) is 0 Å². The summed E-state index contributed by atoms with van der Waals surface area (Å²) in [5.41, 5.74) is 2.78. The molecule has 0 unspecified atom stereocenters. The Morgan fingerprint density at radius 3 is 2.66 bits per heavy atom. The Morgan fingerprint density at radius 1 is 1.17 bits per heavy atom. The van der Waals surface area contributed by atoms with Gasteiger partial charge < -0.3 is 10.2 Å². The first-order valence-corrected chi connectivity index (χ1v) is 12.4. The summed E-state index contributed by atoms with van der Waals surface area (Å²) < 4.78 is 1.23. The molecule has 3 heterocycles. The summed E-state index contributed by atoms with van der Waals surface area (Å²) in [6.07, 6.45) is 7.26. The minimum atomic E-state index is 0.252. The van der Waals surface area contributed by atoms with Crippen molar-refractivity contribution in [3.05, 3.63) is 47.6 Å². The number of aromatic nitrogens is 2. The Kier molecular flexibility index (Phi) is 6.42. The topological polar surface area (TPSA) is 41.0 Å². The molecule has 1 N–H and O–H groups in total. The van der Waals surface area contributed by atoms with Crippen LogP contribution in [0.2, 0.25) is 0 Å². The van der Waals surface area contributed by atoms with Gasteiger partial charge in [-0.3, -0.25) is 0 Å². The average Bonchev–Trinajstić information content (AvgIpc) is 3.16. The molecule has 0 amide bonds. The number of benzene rings is 1. The van der Waals surface area contributed by atoms with Gasteiger partial charge in [0.25, 0.3) is 0 Å². The molecule has 0 aliphatic carbocycles. The van der Waals surface area contributed by atoms with Gasteiger partial charge in [-0.1, -0.05) is 44.2 Å². The highest BCUT2D eigenvalue weighted by atomic mass is 32.2. The first kappa shape index (κ1) is 20.6. The van der Waals surface area contributed by atoms with Crippen molar-refractivity contribution in [1.29, 1.82) is 0 Å². The summed E-state index contributed by atoms with van der Waals surface area (Å²) in [6.45, 7) is 7.87. The first-order chi connectivity index (χ1) is 14.1. The number of anilines is 1. The molecule has 0 radical (unpaired) electrons. The number of fused-ring (bicyclic) bond motifs is 1. The number of nitrogens with zero attached hydrogens (tertiary/aromatic N) is 3. The van der Waals surface area contributed by atoms with Gasteiger partial charge in [0.1, 0.15) is 17.7 Å². The molecule has 29 heavy (non-hydrogen) atoms. The highest BCUT2D eigenvalue weighted by Crippen LogP contribution is 2.36. The lowest BCUT2D eigenvalue weighted by Gasteiger charge is -2.35. The van der Waals surface area contributed by atoms with Gasteiger partial charge in [0.15, 0.2) is 0 Å². The van der Waals surface area contributed by atoms with E-state index < -0.39 is 0 Å². The third-order valence-corrected chi connectivity index (χ3v) is 7.58. The molecule has 154 valence electrons. The minimum absolute atomic E-state index is 0.252. The van der Waals surface area contributed by atoms with Crippen LogP contribution in [0.5, 0.6) is 0 Å². The van der Waals surface area contributed by atoms with Crippen LogP contribution >= 0.6 is 23.1 Å². The summed E-state index contributed by atoms with van der Waals surface area (Å²) in [5.74, 6) is 1.11. The quantitative estimate of drug-likeness (QED) is 0.523. The van der Waals surface area contributed by atoms with E-state index in [1.165, 1.54) is 15.2 Å². The van der Waals surface area contributed by atoms with Crippen molar-refractivity contribution in [2.75, 3.05) is 30.8 Å². The van der Waals surface area contributed by atoms with Crippen molar-refractivity contribution >= 4 is 39.1 Å². The predicted molar refractivity (Wildman–Crippen MR) is 126 cm³/mol. The molecule has 2 aromatic heterocycles. The Hall–Kier alpha value is -1.63. The minimum Gasteiger partial charge on any atom is -0.355 e. The highest BCUT2D eigenvalue weighted by Gasteiger charge is 2.25. The van der Waals surface area contributed by atoms with Crippen LogP contribution in [0.15, 0.2) is 46.9 Å². The summed E-state index contributed by atoms with van der Waals surface area (Å²) in [7, 11) is 0. The zero-order valence-corrected chi connectivity index (χ0v) is 19.2. The number of rotatable bonds is 7. The molecule has 0 atom stereocenters. The second-order valence-electron chi connectivity index (χ2n) is 8.65. The number of thioether (sulfide) groups is 1. The average molecular weight is 427 g/mol. The number of hydrogen-bond acceptors (Lipinski definition) is 6. The van der Waals surface area contributed by atoms with Crippen LogP contribution in [0.4, 0.5) is 5.82 Å². The SMILES string of the molecule is CSc1csc2c(N3CCC(NCC(C)(C)Cc4ccccc4)CC3)ncnc12. The fraction of sp³-hybridized carbons (Fsp3) is 0.478. The van der Waals surface area contributed by atoms with E-state index in [2.05, 4.69) is 76.0 Å². The van der Waals surface area contributed by atoms with Gasteiger partial charge in [-0.25, -0.2) is 9.97 Å². The monoisotopic (exact) mass is 426 g/mol. The van der Waals surface area contributed by atoms with Gasteiger partial charge in [0, 0.05) is 36.0 Å². The molecule has 1 fully saturated rings. The van der Waals surface area contributed by atoms with E-state index in [0.29, 0.717) is 6.04 Å². The molecule has 0 saturated carbocycles. The molecule has 3 aromatic rings.